The van der Waals surface area contributed by atoms with Crippen molar-refractivity contribution in [3.05, 3.63) is 18.2 Å². The normalized spacial score (nSPS) is 13.9. The molecule has 0 unspecified atom stereocenters. The largest absolute Gasteiger partial charge is 0.491 e. The van der Waals surface area contributed by atoms with Crippen molar-refractivity contribution in [3.63, 3.8) is 0 Å². The maximum atomic E-state index is 11.4. The summed E-state index contributed by atoms with van der Waals surface area (Å²) in [5, 5.41) is 8.22. The molecule has 1 aliphatic rings. The minimum Gasteiger partial charge on any atom is -0.491 e. The van der Waals surface area contributed by atoms with Gasteiger partial charge in [0, 0.05) is 5.69 Å². The Kier molecular flexibility index (Phi) is 3.78. The average Bonchev–Trinajstić information content (AvgIpc) is 2.49. The SMILES string of the molecule is CNCC(=O)Nc1ccc2c(c1)NC(=O)CCO2. The lowest BCUT2D eigenvalue weighted by atomic mass is 10.2. The van der Waals surface area contributed by atoms with Crippen LogP contribution in [0.4, 0.5) is 11.4 Å². The molecular formula is C12H15N3O3. The Morgan fingerprint density at radius 3 is 3.11 bits per heavy atom. The average molecular weight is 249 g/mol. The van der Waals surface area contributed by atoms with Gasteiger partial charge in [-0.3, -0.25) is 9.59 Å². The van der Waals surface area contributed by atoms with Crippen LogP contribution in [-0.4, -0.2) is 32.0 Å². The molecule has 6 nitrogen and oxygen atoms in total. The van der Waals surface area contributed by atoms with E-state index in [9.17, 15) is 9.59 Å². The van der Waals surface area contributed by atoms with Gasteiger partial charge in [0.25, 0.3) is 0 Å². The Labute approximate surface area is 105 Å². The summed E-state index contributed by atoms with van der Waals surface area (Å²) in [5.41, 5.74) is 1.21. The smallest absolute Gasteiger partial charge is 0.238 e. The third-order valence-electron chi connectivity index (χ3n) is 2.46. The molecule has 0 aromatic heterocycles. The lowest BCUT2D eigenvalue weighted by molar-refractivity contribution is -0.116. The Bertz CT molecular complexity index is 474. The lowest BCUT2D eigenvalue weighted by Crippen LogP contribution is -2.25. The summed E-state index contributed by atoms with van der Waals surface area (Å²) >= 11 is 0. The van der Waals surface area contributed by atoms with E-state index < -0.39 is 0 Å². The minimum atomic E-state index is -0.140. The van der Waals surface area contributed by atoms with E-state index >= 15 is 0 Å². The van der Waals surface area contributed by atoms with E-state index in [1.54, 1.807) is 25.2 Å². The molecule has 0 saturated heterocycles. The highest BCUT2D eigenvalue weighted by Gasteiger charge is 2.14. The van der Waals surface area contributed by atoms with Gasteiger partial charge in [-0.05, 0) is 25.2 Å². The molecule has 6 heteroatoms. The second kappa shape index (κ2) is 5.50. The van der Waals surface area contributed by atoms with E-state index in [0.29, 0.717) is 30.2 Å². The predicted octanol–water partition coefficient (Wildman–Crippen LogP) is 0.565. The molecule has 1 aromatic rings. The highest BCUT2D eigenvalue weighted by molar-refractivity contribution is 5.96. The molecule has 96 valence electrons. The summed E-state index contributed by atoms with van der Waals surface area (Å²) in [7, 11) is 1.70. The molecule has 0 radical (unpaired) electrons. The van der Waals surface area contributed by atoms with Crippen LogP contribution >= 0.6 is 0 Å². The highest BCUT2D eigenvalue weighted by Crippen LogP contribution is 2.29. The fourth-order valence-electron chi connectivity index (χ4n) is 1.66. The Hall–Kier alpha value is -2.08. The number of likely N-dealkylation sites (N-methyl/N-ethyl adjacent to an activating group) is 1. The van der Waals surface area contributed by atoms with Crippen molar-refractivity contribution < 1.29 is 14.3 Å². The van der Waals surface area contributed by atoms with Gasteiger partial charge < -0.3 is 20.7 Å². The third kappa shape index (κ3) is 2.98. The van der Waals surface area contributed by atoms with E-state index in [0.717, 1.165) is 0 Å². The van der Waals surface area contributed by atoms with Crippen molar-refractivity contribution in [2.45, 2.75) is 6.42 Å². The molecule has 18 heavy (non-hydrogen) atoms. The van der Waals surface area contributed by atoms with Crippen molar-refractivity contribution in [2.75, 3.05) is 30.8 Å². The van der Waals surface area contributed by atoms with Crippen molar-refractivity contribution in [1.82, 2.24) is 5.32 Å². The number of carbonyl (C=O) groups excluding carboxylic acids is 2. The van der Waals surface area contributed by atoms with Crippen molar-refractivity contribution in [2.24, 2.45) is 0 Å². The first kappa shape index (κ1) is 12.4. The van der Waals surface area contributed by atoms with Crippen molar-refractivity contribution >= 4 is 23.2 Å². The van der Waals surface area contributed by atoms with Gasteiger partial charge in [-0.25, -0.2) is 0 Å². The summed E-state index contributed by atoms with van der Waals surface area (Å²) in [4.78, 5) is 22.8. The molecule has 0 spiro atoms. The third-order valence-corrected chi connectivity index (χ3v) is 2.46. The monoisotopic (exact) mass is 249 g/mol. The van der Waals surface area contributed by atoms with E-state index in [-0.39, 0.29) is 18.4 Å². The van der Waals surface area contributed by atoms with Crippen molar-refractivity contribution in [3.8, 4) is 5.75 Å². The number of fused-ring (bicyclic) bond motifs is 1. The van der Waals surface area contributed by atoms with Gasteiger partial charge in [0.15, 0.2) is 0 Å². The second-order valence-corrected chi connectivity index (χ2v) is 3.94. The molecule has 0 bridgehead atoms. The van der Waals surface area contributed by atoms with Crippen LogP contribution in [0.25, 0.3) is 0 Å². The summed E-state index contributed by atoms with van der Waals surface area (Å²) in [6.07, 6.45) is 0.329. The van der Waals surface area contributed by atoms with Crippen LogP contribution in [0.3, 0.4) is 0 Å². The van der Waals surface area contributed by atoms with Crippen LogP contribution in [0.15, 0.2) is 18.2 Å². The van der Waals surface area contributed by atoms with Crippen LogP contribution in [0.5, 0.6) is 5.75 Å². The summed E-state index contributed by atoms with van der Waals surface area (Å²) in [5.74, 6) is 0.387. The van der Waals surface area contributed by atoms with E-state index in [4.69, 9.17) is 4.74 Å². The van der Waals surface area contributed by atoms with Crippen LogP contribution in [0.1, 0.15) is 6.42 Å². The standard InChI is InChI=1S/C12H15N3O3/c1-13-7-12(17)14-8-2-3-10-9(6-8)15-11(16)4-5-18-10/h2-3,6,13H,4-5,7H2,1H3,(H,14,17)(H,15,16). The number of hydrogen-bond donors (Lipinski definition) is 3. The predicted molar refractivity (Wildman–Crippen MR) is 67.7 cm³/mol. The van der Waals surface area contributed by atoms with Crippen molar-refractivity contribution in [1.29, 1.82) is 0 Å². The number of nitrogens with one attached hydrogen (secondary N) is 3. The zero-order valence-electron chi connectivity index (χ0n) is 10.1. The first-order valence-corrected chi connectivity index (χ1v) is 5.70. The fraction of sp³-hybridized carbons (Fsp3) is 0.333. The number of amides is 2. The van der Waals surface area contributed by atoms with E-state index in [1.165, 1.54) is 0 Å². The Morgan fingerprint density at radius 1 is 1.50 bits per heavy atom. The van der Waals surface area contributed by atoms with E-state index in [1.807, 2.05) is 0 Å². The molecule has 2 amide bonds. The molecule has 0 fully saturated rings. The number of hydrogen-bond acceptors (Lipinski definition) is 4. The molecule has 0 saturated carbocycles. The molecular weight excluding hydrogens is 234 g/mol. The number of ether oxygens (including phenoxy) is 1. The van der Waals surface area contributed by atoms with Crippen LogP contribution < -0.4 is 20.7 Å². The Morgan fingerprint density at radius 2 is 2.33 bits per heavy atom. The topological polar surface area (TPSA) is 79.5 Å². The van der Waals surface area contributed by atoms with Crippen LogP contribution in [-0.2, 0) is 9.59 Å². The molecule has 1 aliphatic heterocycles. The molecule has 3 N–H and O–H groups in total. The molecule has 0 aliphatic carbocycles. The summed E-state index contributed by atoms with van der Waals surface area (Å²) in [6.45, 7) is 0.601. The molecule has 1 aromatic carbocycles. The highest BCUT2D eigenvalue weighted by atomic mass is 16.5. The number of carbonyl (C=O) groups is 2. The lowest BCUT2D eigenvalue weighted by Gasteiger charge is -2.10. The van der Waals surface area contributed by atoms with Gasteiger partial charge in [-0.2, -0.15) is 0 Å². The van der Waals surface area contributed by atoms with Gasteiger partial charge in [0.2, 0.25) is 11.8 Å². The van der Waals surface area contributed by atoms with Gasteiger partial charge in [0.1, 0.15) is 5.75 Å². The first-order valence-electron chi connectivity index (χ1n) is 5.70. The van der Waals surface area contributed by atoms with E-state index in [2.05, 4.69) is 16.0 Å². The van der Waals surface area contributed by atoms with Crippen LogP contribution in [0, 0.1) is 0 Å². The number of rotatable bonds is 3. The molecule has 1 heterocycles. The quantitative estimate of drug-likeness (QED) is 0.731. The first-order chi connectivity index (χ1) is 8.69. The number of benzene rings is 1. The zero-order chi connectivity index (χ0) is 13.0. The molecule has 2 rings (SSSR count). The van der Waals surface area contributed by atoms with Gasteiger partial charge in [0.05, 0.1) is 25.3 Å². The maximum Gasteiger partial charge on any atom is 0.238 e. The zero-order valence-corrected chi connectivity index (χ0v) is 10.1. The van der Waals surface area contributed by atoms with Crippen LogP contribution in [0.2, 0.25) is 0 Å². The number of anilines is 2. The van der Waals surface area contributed by atoms with Gasteiger partial charge >= 0.3 is 0 Å². The second-order valence-electron chi connectivity index (χ2n) is 3.94. The minimum absolute atomic E-state index is 0.0903. The summed E-state index contributed by atoms with van der Waals surface area (Å²) in [6, 6.07) is 5.16. The van der Waals surface area contributed by atoms with Gasteiger partial charge in [-0.15, -0.1) is 0 Å². The maximum absolute atomic E-state index is 11.4. The molecule has 0 atom stereocenters. The Balaban J connectivity index is 2.15. The fourth-order valence-corrected chi connectivity index (χ4v) is 1.66. The summed E-state index contributed by atoms with van der Waals surface area (Å²) < 4.78 is 5.42. The van der Waals surface area contributed by atoms with Gasteiger partial charge in [-0.1, -0.05) is 0 Å².